The van der Waals surface area contributed by atoms with Gasteiger partial charge in [0.25, 0.3) is 0 Å². The van der Waals surface area contributed by atoms with E-state index in [2.05, 4.69) is 40.7 Å². The van der Waals surface area contributed by atoms with Crippen molar-refractivity contribution in [2.75, 3.05) is 26.3 Å². The number of rotatable bonds is 7. The van der Waals surface area contributed by atoms with Gasteiger partial charge in [-0.3, -0.25) is 0 Å². The number of benzene rings is 1. The van der Waals surface area contributed by atoms with Crippen molar-refractivity contribution in [2.45, 2.75) is 39.7 Å². The number of hydrogen-bond acceptors (Lipinski definition) is 2. The second-order valence-electron chi connectivity index (χ2n) is 5.28. The lowest BCUT2D eigenvalue weighted by Gasteiger charge is -2.11. The molecule has 1 aliphatic carbocycles. The first kappa shape index (κ1) is 15.8. The Balaban J connectivity index is 1.89. The van der Waals surface area contributed by atoms with E-state index < -0.39 is 0 Å². The van der Waals surface area contributed by atoms with Gasteiger partial charge >= 0.3 is 0 Å². The first-order valence-corrected chi connectivity index (χ1v) is 8.04. The minimum Gasteiger partial charge on any atom is -0.380 e. The normalized spacial score (nSPS) is 14.1. The molecule has 0 amide bonds. The number of aliphatic imine (C=N–C) groups is 1. The van der Waals surface area contributed by atoms with Gasteiger partial charge < -0.3 is 15.4 Å². The van der Waals surface area contributed by atoms with E-state index in [9.17, 15) is 0 Å². The topological polar surface area (TPSA) is 45.7 Å². The lowest BCUT2D eigenvalue weighted by Crippen LogP contribution is -2.39. The summed E-state index contributed by atoms with van der Waals surface area (Å²) >= 11 is 0. The number of fused-ring (bicyclic) bond motifs is 1. The molecular formula is C17H27N3O. The second-order valence-corrected chi connectivity index (χ2v) is 5.28. The van der Waals surface area contributed by atoms with Gasteiger partial charge in [0.1, 0.15) is 0 Å². The van der Waals surface area contributed by atoms with Gasteiger partial charge in [0.2, 0.25) is 0 Å². The van der Waals surface area contributed by atoms with Gasteiger partial charge in [-0.15, -0.1) is 0 Å². The van der Waals surface area contributed by atoms with Crippen LogP contribution in [0.2, 0.25) is 0 Å². The standard InChI is InChI=1S/C17H27N3O/c1-3-18-17(19-10-11-21-4-2)20-13-14-8-9-15-6-5-7-16(15)12-14/h8-9,12H,3-7,10-11,13H2,1-2H3,(H2,18,19,20). The van der Waals surface area contributed by atoms with E-state index in [1.165, 1.54) is 36.0 Å². The van der Waals surface area contributed by atoms with E-state index >= 15 is 0 Å². The molecule has 0 unspecified atom stereocenters. The Labute approximate surface area is 128 Å². The Kier molecular flexibility index (Phi) is 6.54. The van der Waals surface area contributed by atoms with Crippen molar-refractivity contribution in [1.29, 1.82) is 0 Å². The number of nitrogens with one attached hydrogen (secondary N) is 2. The molecule has 0 saturated carbocycles. The highest BCUT2D eigenvalue weighted by Gasteiger charge is 2.10. The highest BCUT2D eigenvalue weighted by atomic mass is 16.5. The quantitative estimate of drug-likeness (QED) is 0.460. The summed E-state index contributed by atoms with van der Waals surface area (Å²) in [5.74, 6) is 0.859. The molecule has 1 aromatic rings. The van der Waals surface area contributed by atoms with Crippen molar-refractivity contribution in [1.82, 2.24) is 10.6 Å². The van der Waals surface area contributed by atoms with Gasteiger partial charge in [-0.2, -0.15) is 0 Å². The van der Waals surface area contributed by atoms with Crippen molar-refractivity contribution >= 4 is 5.96 Å². The van der Waals surface area contributed by atoms with Crippen LogP contribution in [0.1, 0.15) is 37.0 Å². The van der Waals surface area contributed by atoms with Crippen LogP contribution in [0.15, 0.2) is 23.2 Å². The third kappa shape index (κ3) is 5.05. The lowest BCUT2D eigenvalue weighted by atomic mass is 10.1. The van der Waals surface area contributed by atoms with Gasteiger partial charge in [-0.1, -0.05) is 18.2 Å². The number of nitrogens with zero attached hydrogens (tertiary/aromatic N) is 1. The molecule has 116 valence electrons. The molecule has 0 aliphatic heterocycles. The highest BCUT2D eigenvalue weighted by Crippen LogP contribution is 2.22. The van der Waals surface area contributed by atoms with Crippen molar-refractivity contribution in [3.63, 3.8) is 0 Å². The Hall–Kier alpha value is -1.55. The smallest absolute Gasteiger partial charge is 0.191 e. The molecule has 2 rings (SSSR count). The second kappa shape index (κ2) is 8.67. The third-order valence-corrected chi connectivity index (χ3v) is 3.67. The van der Waals surface area contributed by atoms with Crippen molar-refractivity contribution in [3.8, 4) is 0 Å². The Morgan fingerprint density at radius 1 is 1.19 bits per heavy atom. The zero-order valence-electron chi connectivity index (χ0n) is 13.2. The molecule has 0 radical (unpaired) electrons. The maximum atomic E-state index is 5.33. The van der Waals surface area contributed by atoms with Crippen LogP contribution >= 0.6 is 0 Å². The molecule has 0 aromatic heterocycles. The monoisotopic (exact) mass is 289 g/mol. The van der Waals surface area contributed by atoms with Gasteiger partial charge in [-0.05, 0) is 49.8 Å². The summed E-state index contributed by atoms with van der Waals surface area (Å²) in [5.41, 5.74) is 4.32. The number of ether oxygens (including phenoxy) is 1. The molecule has 0 fully saturated rings. The fourth-order valence-electron chi connectivity index (χ4n) is 2.62. The summed E-state index contributed by atoms with van der Waals surface area (Å²) in [6.07, 6.45) is 3.75. The van der Waals surface area contributed by atoms with Crippen LogP contribution in [0.25, 0.3) is 0 Å². The van der Waals surface area contributed by atoms with E-state index in [1.807, 2.05) is 6.92 Å². The molecule has 0 heterocycles. The van der Waals surface area contributed by atoms with E-state index in [1.54, 1.807) is 0 Å². The molecule has 0 saturated heterocycles. The number of aryl methyl sites for hydroxylation is 2. The molecular weight excluding hydrogens is 262 g/mol. The van der Waals surface area contributed by atoms with Crippen LogP contribution in [0.5, 0.6) is 0 Å². The average molecular weight is 289 g/mol. The number of hydrogen-bond donors (Lipinski definition) is 2. The molecule has 1 aromatic carbocycles. The van der Waals surface area contributed by atoms with E-state index in [0.717, 1.165) is 32.2 Å². The fourth-order valence-corrected chi connectivity index (χ4v) is 2.62. The highest BCUT2D eigenvalue weighted by molar-refractivity contribution is 5.79. The summed E-state index contributed by atoms with van der Waals surface area (Å²) in [5, 5.41) is 6.56. The zero-order chi connectivity index (χ0) is 14.9. The summed E-state index contributed by atoms with van der Waals surface area (Å²) in [7, 11) is 0. The van der Waals surface area contributed by atoms with E-state index in [4.69, 9.17) is 4.74 Å². The summed E-state index contributed by atoms with van der Waals surface area (Å²) < 4.78 is 5.33. The zero-order valence-corrected chi connectivity index (χ0v) is 13.2. The van der Waals surface area contributed by atoms with Crippen LogP contribution in [-0.4, -0.2) is 32.3 Å². The largest absolute Gasteiger partial charge is 0.380 e. The van der Waals surface area contributed by atoms with Gasteiger partial charge in [0.15, 0.2) is 5.96 Å². The molecule has 4 nitrogen and oxygen atoms in total. The van der Waals surface area contributed by atoms with Crippen LogP contribution in [0, 0.1) is 0 Å². The lowest BCUT2D eigenvalue weighted by molar-refractivity contribution is 0.152. The minimum absolute atomic E-state index is 0.708. The molecule has 1 aliphatic rings. The van der Waals surface area contributed by atoms with Crippen molar-refractivity contribution in [2.24, 2.45) is 4.99 Å². The van der Waals surface area contributed by atoms with Crippen molar-refractivity contribution in [3.05, 3.63) is 34.9 Å². The Bertz CT molecular complexity index is 471. The van der Waals surface area contributed by atoms with Gasteiger partial charge in [-0.25, -0.2) is 4.99 Å². The van der Waals surface area contributed by atoms with Crippen LogP contribution in [-0.2, 0) is 24.1 Å². The Morgan fingerprint density at radius 3 is 2.86 bits per heavy atom. The molecule has 21 heavy (non-hydrogen) atoms. The SMILES string of the molecule is CCNC(=NCc1ccc2c(c1)CCC2)NCCOCC. The molecule has 2 N–H and O–H groups in total. The van der Waals surface area contributed by atoms with E-state index in [-0.39, 0.29) is 0 Å². The third-order valence-electron chi connectivity index (χ3n) is 3.67. The van der Waals surface area contributed by atoms with E-state index in [0.29, 0.717) is 6.61 Å². The predicted octanol–water partition coefficient (Wildman–Crippen LogP) is 2.27. The van der Waals surface area contributed by atoms with Gasteiger partial charge in [0.05, 0.1) is 13.2 Å². The maximum absolute atomic E-state index is 5.33. The summed E-state index contributed by atoms with van der Waals surface area (Å²) in [6.45, 7) is 7.91. The summed E-state index contributed by atoms with van der Waals surface area (Å²) in [4.78, 5) is 4.65. The van der Waals surface area contributed by atoms with Crippen LogP contribution in [0.3, 0.4) is 0 Å². The first-order chi connectivity index (χ1) is 10.3. The van der Waals surface area contributed by atoms with Crippen LogP contribution in [0.4, 0.5) is 0 Å². The van der Waals surface area contributed by atoms with Gasteiger partial charge in [0, 0.05) is 19.7 Å². The van der Waals surface area contributed by atoms with Crippen molar-refractivity contribution < 1.29 is 4.74 Å². The summed E-state index contributed by atoms with van der Waals surface area (Å²) in [6, 6.07) is 6.79. The maximum Gasteiger partial charge on any atom is 0.191 e. The first-order valence-electron chi connectivity index (χ1n) is 8.04. The predicted molar refractivity (Wildman–Crippen MR) is 87.8 cm³/mol. The number of guanidine groups is 1. The average Bonchev–Trinajstić information content (AvgIpc) is 2.96. The molecule has 0 bridgehead atoms. The fraction of sp³-hybridized carbons (Fsp3) is 0.588. The Morgan fingerprint density at radius 2 is 2.05 bits per heavy atom. The molecule has 0 atom stereocenters. The van der Waals surface area contributed by atoms with Crippen LogP contribution < -0.4 is 10.6 Å². The minimum atomic E-state index is 0.708. The molecule has 4 heteroatoms. The molecule has 0 spiro atoms.